The van der Waals surface area contributed by atoms with Gasteiger partial charge in [-0.05, 0) is 58.8 Å². The zero-order chi connectivity index (χ0) is 17.8. The van der Waals surface area contributed by atoms with Crippen LogP contribution in [0.5, 0.6) is 0 Å². The van der Waals surface area contributed by atoms with Crippen LogP contribution in [0.4, 0.5) is 0 Å². The van der Waals surface area contributed by atoms with Gasteiger partial charge in [0.25, 0.3) is 0 Å². The Hall–Kier alpha value is -1.63. The highest BCUT2D eigenvalue weighted by molar-refractivity contribution is 5.24. The Kier molecular flexibility index (Phi) is 5.93. The molecule has 138 valence electrons. The van der Waals surface area contributed by atoms with E-state index in [1.807, 2.05) is 24.6 Å². The van der Waals surface area contributed by atoms with E-state index in [0.717, 1.165) is 49.1 Å². The predicted octanol–water partition coefficient (Wildman–Crippen LogP) is 2.32. The molecule has 0 spiro atoms. The summed E-state index contributed by atoms with van der Waals surface area (Å²) in [7, 11) is 0. The maximum absolute atomic E-state index is 9.15. The van der Waals surface area contributed by atoms with Gasteiger partial charge < -0.3 is 14.8 Å². The van der Waals surface area contributed by atoms with Crippen LogP contribution in [0.15, 0.2) is 16.5 Å². The first-order valence-corrected chi connectivity index (χ1v) is 9.25. The molecule has 6 heteroatoms. The van der Waals surface area contributed by atoms with Crippen molar-refractivity contribution in [1.29, 1.82) is 0 Å². The zero-order valence-corrected chi connectivity index (χ0v) is 15.6. The van der Waals surface area contributed by atoms with Crippen LogP contribution in [-0.2, 0) is 13.1 Å². The Morgan fingerprint density at radius 2 is 2.00 bits per heavy atom. The van der Waals surface area contributed by atoms with Gasteiger partial charge in [0, 0.05) is 24.3 Å². The van der Waals surface area contributed by atoms with E-state index in [4.69, 9.17) is 9.52 Å². The minimum absolute atomic E-state index is 0.115. The van der Waals surface area contributed by atoms with Crippen molar-refractivity contribution >= 4 is 0 Å². The van der Waals surface area contributed by atoms with Crippen LogP contribution >= 0.6 is 0 Å². The van der Waals surface area contributed by atoms with E-state index in [-0.39, 0.29) is 12.6 Å². The molecule has 0 bridgehead atoms. The Bertz CT molecular complexity index is 686. The average Bonchev–Trinajstić information content (AvgIpc) is 3.30. The lowest BCUT2D eigenvalue weighted by molar-refractivity contribution is 0.207. The SMILES string of the molecule is Cc1ccc(C(CNCc2c(C)nn(CCO)c2C)N2CCCC2)o1. The lowest BCUT2D eigenvalue weighted by Crippen LogP contribution is -2.33. The molecule has 0 aliphatic carbocycles. The quantitative estimate of drug-likeness (QED) is 0.768. The van der Waals surface area contributed by atoms with Crippen molar-refractivity contribution in [1.82, 2.24) is 20.0 Å². The van der Waals surface area contributed by atoms with E-state index < -0.39 is 0 Å². The van der Waals surface area contributed by atoms with Crippen LogP contribution in [0.25, 0.3) is 0 Å². The minimum atomic E-state index is 0.115. The second kappa shape index (κ2) is 8.17. The lowest BCUT2D eigenvalue weighted by Gasteiger charge is -2.26. The first kappa shape index (κ1) is 18.2. The molecule has 0 aromatic carbocycles. The summed E-state index contributed by atoms with van der Waals surface area (Å²) in [6.07, 6.45) is 2.53. The molecule has 3 rings (SSSR count). The summed E-state index contributed by atoms with van der Waals surface area (Å²) in [6.45, 7) is 10.7. The number of nitrogens with one attached hydrogen (secondary N) is 1. The Labute approximate surface area is 149 Å². The molecule has 2 N–H and O–H groups in total. The molecule has 2 aromatic heterocycles. The van der Waals surface area contributed by atoms with Crippen molar-refractivity contribution in [2.45, 2.75) is 52.7 Å². The summed E-state index contributed by atoms with van der Waals surface area (Å²) in [5, 5.41) is 17.3. The van der Waals surface area contributed by atoms with E-state index in [1.54, 1.807) is 0 Å². The van der Waals surface area contributed by atoms with Crippen molar-refractivity contribution < 1.29 is 9.52 Å². The summed E-state index contributed by atoms with van der Waals surface area (Å²) in [5.41, 5.74) is 3.39. The smallest absolute Gasteiger partial charge is 0.122 e. The molecular weight excluding hydrogens is 316 g/mol. The topological polar surface area (TPSA) is 66.5 Å². The maximum atomic E-state index is 9.15. The third-order valence-corrected chi connectivity index (χ3v) is 5.15. The second-order valence-corrected chi connectivity index (χ2v) is 6.93. The van der Waals surface area contributed by atoms with Crippen molar-refractivity contribution in [3.63, 3.8) is 0 Å². The fraction of sp³-hybridized carbons (Fsp3) is 0.632. The fourth-order valence-corrected chi connectivity index (χ4v) is 3.73. The zero-order valence-electron chi connectivity index (χ0n) is 15.6. The molecule has 25 heavy (non-hydrogen) atoms. The number of rotatable bonds is 8. The third kappa shape index (κ3) is 4.14. The maximum Gasteiger partial charge on any atom is 0.122 e. The lowest BCUT2D eigenvalue weighted by atomic mass is 10.1. The molecular formula is C19H30N4O2. The standard InChI is InChI=1S/C19H30N4O2/c1-14-6-7-19(25-14)18(22-8-4-5-9-22)13-20-12-17-15(2)21-23(10-11-24)16(17)3/h6-7,18,20,24H,4-5,8-13H2,1-3H3. The van der Waals surface area contributed by atoms with Crippen molar-refractivity contribution in [3.05, 3.63) is 40.6 Å². The summed E-state index contributed by atoms with van der Waals surface area (Å²) >= 11 is 0. The molecule has 1 aliphatic rings. The summed E-state index contributed by atoms with van der Waals surface area (Å²) < 4.78 is 7.81. The molecule has 6 nitrogen and oxygen atoms in total. The molecule has 1 unspecified atom stereocenters. The number of aryl methyl sites for hydroxylation is 2. The van der Waals surface area contributed by atoms with Crippen LogP contribution in [0, 0.1) is 20.8 Å². The Balaban J connectivity index is 1.65. The molecule has 1 atom stereocenters. The van der Waals surface area contributed by atoms with Gasteiger partial charge in [-0.1, -0.05) is 0 Å². The first-order chi connectivity index (χ1) is 12.1. The average molecular weight is 346 g/mol. The number of nitrogens with zero attached hydrogens (tertiary/aromatic N) is 3. The van der Waals surface area contributed by atoms with E-state index in [1.165, 1.54) is 18.4 Å². The molecule has 0 saturated carbocycles. The van der Waals surface area contributed by atoms with Gasteiger partial charge in [0.2, 0.25) is 0 Å². The Morgan fingerprint density at radius 3 is 2.64 bits per heavy atom. The van der Waals surface area contributed by atoms with Crippen LogP contribution < -0.4 is 5.32 Å². The minimum Gasteiger partial charge on any atom is -0.465 e. The number of furan rings is 1. The van der Waals surface area contributed by atoms with Crippen molar-refractivity contribution in [3.8, 4) is 0 Å². The number of aromatic nitrogens is 2. The van der Waals surface area contributed by atoms with Gasteiger partial charge in [0.15, 0.2) is 0 Å². The number of aliphatic hydroxyl groups excluding tert-OH is 1. The molecule has 0 radical (unpaired) electrons. The van der Waals surface area contributed by atoms with Crippen molar-refractivity contribution in [2.75, 3.05) is 26.2 Å². The normalized spacial score (nSPS) is 16.6. The predicted molar refractivity (Wildman–Crippen MR) is 97.5 cm³/mol. The molecule has 2 aromatic rings. The number of hydrogen-bond donors (Lipinski definition) is 2. The summed E-state index contributed by atoms with van der Waals surface area (Å²) in [6, 6.07) is 4.44. The number of likely N-dealkylation sites (tertiary alicyclic amines) is 1. The summed E-state index contributed by atoms with van der Waals surface area (Å²) in [4.78, 5) is 2.51. The van der Waals surface area contributed by atoms with Crippen LogP contribution in [0.2, 0.25) is 0 Å². The van der Waals surface area contributed by atoms with Crippen LogP contribution in [0.1, 0.15) is 47.4 Å². The molecule has 0 amide bonds. The fourth-order valence-electron chi connectivity index (χ4n) is 3.73. The van der Waals surface area contributed by atoms with Gasteiger partial charge in [0.05, 0.1) is 24.9 Å². The van der Waals surface area contributed by atoms with Gasteiger partial charge in [-0.2, -0.15) is 5.10 Å². The monoisotopic (exact) mass is 346 g/mol. The first-order valence-electron chi connectivity index (χ1n) is 9.25. The highest BCUT2D eigenvalue weighted by Gasteiger charge is 2.25. The van der Waals surface area contributed by atoms with Crippen LogP contribution in [0.3, 0.4) is 0 Å². The largest absolute Gasteiger partial charge is 0.465 e. The van der Waals surface area contributed by atoms with Crippen LogP contribution in [-0.4, -0.2) is 46.0 Å². The molecule has 1 aliphatic heterocycles. The van der Waals surface area contributed by atoms with E-state index >= 15 is 0 Å². The number of hydrogen-bond acceptors (Lipinski definition) is 5. The molecule has 1 fully saturated rings. The van der Waals surface area contributed by atoms with E-state index in [0.29, 0.717) is 6.54 Å². The van der Waals surface area contributed by atoms with Gasteiger partial charge in [0.1, 0.15) is 11.5 Å². The van der Waals surface area contributed by atoms with Gasteiger partial charge in [-0.3, -0.25) is 9.58 Å². The van der Waals surface area contributed by atoms with E-state index in [2.05, 4.69) is 28.3 Å². The highest BCUT2D eigenvalue weighted by atomic mass is 16.3. The van der Waals surface area contributed by atoms with Gasteiger partial charge in [-0.15, -0.1) is 0 Å². The van der Waals surface area contributed by atoms with Crippen molar-refractivity contribution in [2.24, 2.45) is 0 Å². The van der Waals surface area contributed by atoms with Gasteiger partial charge in [-0.25, -0.2) is 0 Å². The second-order valence-electron chi connectivity index (χ2n) is 6.93. The number of aliphatic hydroxyl groups is 1. The Morgan fingerprint density at radius 1 is 1.24 bits per heavy atom. The molecule has 3 heterocycles. The highest BCUT2D eigenvalue weighted by Crippen LogP contribution is 2.26. The summed E-state index contributed by atoms with van der Waals surface area (Å²) in [5.74, 6) is 2.02. The third-order valence-electron chi connectivity index (χ3n) is 5.15. The molecule has 1 saturated heterocycles. The van der Waals surface area contributed by atoms with Gasteiger partial charge >= 0.3 is 0 Å². The van der Waals surface area contributed by atoms with E-state index in [9.17, 15) is 0 Å².